The Morgan fingerprint density at radius 3 is 2.50 bits per heavy atom. The van der Waals surface area contributed by atoms with Crippen LogP contribution >= 0.6 is 0 Å². The Labute approximate surface area is 142 Å². The molecule has 0 bridgehead atoms. The zero-order valence-electron chi connectivity index (χ0n) is 13.7. The molecule has 0 aromatic heterocycles. The first-order valence-corrected chi connectivity index (χ1v) is 8.54. The van der Waals surface area contributed by atoms with Gasteiger partial charge in [0.2, 0.25) is 5.91 Å². The molecule has 1 N–H and O–H groups in total. The third kappa shape index (κ3) is 5.10. The van der Waals surface area contributed by atoms with Crippen LogP contribution in [-0.2, 0) is 9.53 Å². The molecule has 2 aromatic carbocycles. The molecule has 1 fully saturated rings. The first-order chi connectivity index (χ1) is 11.8. The average Bonchev–Trinajstić information content (AvgIpc) is 2.62. The van der Waals surface area contributed by atoms with E-state index in [0.717, 1.165) is 18.6 Å². The number of carbonyl (C=O) groups is 1. The van der Waals surface area contributed by atoms with Crippen molar-refractivity contribution in [2.45, 2.75) is 38.2 Å². The Balaban J connectivity index is 1.51. The Bertz CT molecular complexity index is 651. The number of anilines is 1. The Hall–Kier alpha value is -2.33. The molecule has 3 rings (SSSR count). The minimum Gasteiger partial charge on any atom is -0.457 e. The van der Waals surface area contributed by atoms with E-state index in [1.54, 1.807) is 0 Å². The van der Waals surface area contributed by atoms with E-state index >= 15 is 0 Å². The topological polar surface area (TPSA) is 47.6 Å². The van der Waals surface area contributed by atoms with Gasteiger partial charge in [0, 0.05) is 11.8 Å². The molecule has 24 heavy (non-hydrogen) atoms. The van der Waals surface area contributed by atoms with Crippen LogP contribution in [0.4, 0.5) is 5.69 Å². The van der Waals surface area contributed by atoms with Gasteiger partial charge in [0.25, 0.3) is 0 Å². The fraction of sp³-hybridized carbons (Fsp3) is 0.350. The highest BCUT2D eigenvalue weighted by Crippen LogP contribution is 2.24. The first kappa shape index (κ1) is 16.5. The summed E-state index contributed by atoms with van der Waals surface area (Å²) < 4.78 is 11.5. The van der Waals surface area contributed by atoms with Crippen molar-refractivity contribution in [1.82, 2.24) is 0 Å². The fourth-order valence-electron chi connectivity index (χ4n) is 2.88. The molecule has 0 unspecified atom stereocenters. The predicted molar refractivity (Wildman–Crippen MR) is 94.4 cm³/mol. The van der Waals surface area contributed by atoms with Crippen LogP contribution in [0.5, 0.6) is 11.5 Å². The highest BCUT2D eigenvalue weighted by Gasteiger charge is 2.15. The normalized spacial score (nSPS) is 15.0. The summed E-state index contributed by atoms with van der Waals surface area (Å²) in [6, 6.07) is 16.9. The van der Waals surface area contributed by atoms with E-state index < -0.39 is 0 Å². The Kier molecular flexibility index (Phi) is 5.85. The van der Waals surface area contributed by atoms with E-state index in [9.17, 15) is 4.79 Å². The number of carbonyl (C=O) groups excluding carboxylic acids is 1. The van der Waals surface area contributed by atoms with Crippen molar-refractivity contribution in [1.29, 1.82) is 0 Å². The van der Waals surface area contributed by atoms with E-state index in [2.05, 4.69) is 5.32 Å². The molecule has 126 valence electrons. The second-order valence-corrected chi connectivity index (χ2v) is 6.06. The summed E-state index contributed by atoms with van der Waals surface area (Å²) in [5, 5.41) is 2.86. The third-order valence-corrected chi connectivity index (χ3v) is 4.10. The zero-order chi connectivity index (χ0) is 16.6. The zero-order valence-corrected chi connectivity index (χ0v) is 13.7. The molecule has 0 spiro atoms. The number of nitrogens with one attached hydrogen (secondary N) is 1. The van der Waals surface area contributed by atoms with Crippen molar-refractivity contribution in [3.63, 3.8) is 0 Å². The summed E-state index contributed by atoms with van der Waals surface area (Å²) in [5.41, 5.74) is 0.709. The average molecular weight is 325 g/mol. The highest BCUT2D eigenvalue weighted by atomic mass is 16.5. The Morgan fingerprint density at radius 2 is 1.71 bits per heavy atom. The lowest BCUT2D eigenvalue weighted by Crippen LogP contribution is -2.24. The summed E-state index contributed by atoms with van der Waals surface area (Å²) in [6.45, 7) is 0.106. The second kappa shape index (κ2) is 8.50. The third-order valence-electron chi connectivity index (χ3n) is 4.10. The molecule has 4 heteroatoms. The maximum absolute atomic E-state index is 12.0. The number of ether oxygens (including phenoxy) is 2. The van der Waals surface area contributed by atoms with Gasteiger partial charge in [-0.2, -0.15) is 0 Å². The molecule has 1 saturated carbocycles. The van der Waals surface area contributed by atoms with Gasteiger partial charge in [0.15, 0.2) is 0 Å². The molecular formula is C20H23NO3. The van der Waals surface area contributed by atoms with Crippen LogP contribution in [0.1, 0.15) is 32.1 Å². The van der Waals surface area contributed by atoms with E-state index in [0.29, 0.717) is 11.4 Å². The van der Waals surface area contributed by atoms with Gasteiger partial charge in [0.1, 0.15) is 18.1 Å². The summed E-state index contributed by atoms with van der Waals surface area (Å²) in [7, 11) is 0. The van der Waals surface area contributed by atoms with E-state index in [1.807, 2.05) is 54.6 Å². The highest BCUT2D eigenvalue weighted by molar-refractivity contribution is 5.91. The Morgan fingerprint density at radius 1 is 0.958 bits per heavy atom. The summed E-state index contributed by atoms with van der Waals surface area (Å²) in [5.74, 6) is 1.33. The monoisotopic (exact) mass is 325 g/mol. The van der Waals surface area contributed by atoms with Crippen molar-refractivity contribution in [2.24, 2.45) is 0 Å². The van der Waals surface area contributed by atoms with Gasteiger partial charge in [-0.3, -0.25) is 4.79 Å². The molecule has 2 aromatic rings. The van der Waals surface area contributed by atoms with Crippen molar-refractivity contribution in [2.75, 3.05) is 11.9 Å². The standard InChI is InChI=1S/C20H23NO3/c22-20(15-23-17-9-3-1-4-10-17)21-16-8-7-13-19(14-16)24-18-11-5-2-6-12-18/h2,5-8,11-14,17H,1,3-4,9-10,15H2,(H,21,22). The molecule has 1 amide bonds. The van der Waals surface area contributed by atoms with Crippen LogP contribution in [-0.4, -0.2) is 18.6 Å². The molecule has 4 nitrogen and oxygen atoms in total. The molecule has 0 aliphatic heterocycles. The van der Waals surface area contributed by atoms with Crippen molar-refractivity contribution in [3.05, 3.63) is 54.6 Å². The SMILES string of the molecule is O=C(COC1CCCCC1)Nc1cccc(Oc2ccccc2)c1. The minimum absolute atomic E-state index is 0.106. The maximum Gasteiger partial charge on any atom is 0.250 e. The lowest BCUT2D eigenvalue weighted by Gasteiger charge is -2.21. The maximum atomic E-state index is 12.0. The van der Waals surface area contributed by atoms with E-state index in [1.165, 1.54) is 19.3 Å². The molecular weight excluding hydrogens is 302 g/mol. The van der Waals surface area contributed by atoms with Crippen molar-refractivity contribution in [3.8, 4) is 11.5 Å². The van der Waals surface area contributed by atoms with Crippen LogP contribution in [0.15, 0.2) is 54.6 Å². The number of hydrogen-bond donors (Lipinski definition) is 1. The van der Waals surface area contributed by atoms with Crippen LogP contribution in [0.25, 0.3) is 0 Å². The summed E-state index contributed by atoms with van der Waals surface area (Å²) in [6.07, 6.45) is 6.04. The second-order valence-electron chi connectivity index (χ2n) is 6.06. The fourth-order valence-corrected chi connectivity index (χ4v) is 2.88. The number of rotatable bonds is 6. The van der Waals surface area contributed by atoms with Gasteiger partial charge in [-0.1, -0.05) is 43.5 Å². The quantitative estimate of drug-likeness (QED) is 0.832. The van der Waals surface area contributed by atoms with Crippen LogP contribution in [0, 0.1) is 0 Å². The molecule has 0 saturated heterocycles. The lowest BCUT2D eigenvalue weighted by molar-refractivity contribution is -0.123. The molecule has 1 aliphatic carbocycles. The van der Waals surface area contributed by atoms with Gasteiger partial charge in [-0.25, -0.2) is 0 Å². The number of benzene rings is 2. The van der Waals surface area contributed by atoms with Gasteiger partial charge < -0.3 is 14.8 Å². The van der Waals surface area contributed by atoms with E-state index in [-0.39, 0.29) is 18.6 Å². The number of para-hydroxylation sites is 1. The van der Waals surface area contributed by atoms with Crippen molar-refractivity contribution < 1.29 is 14.3 Å². The summed E-state index contributed by atoms with van der Waals surface area (Å²) in [4.78, 5) is 12.0. The molecule has 0 atom stereocenters. The van der Waals surface area contributed by atoms with Crippen LogP contribution < -0.4 is 10.1 Å². The largest absolute Gasteiger partial charge is 0.457 e. The van der Waals surface area contributed by atoms with Crippen molar-refractivity contribution >= 4 is 11.6 Å². The first-order valence-electron chi connectivity index (χ1n) is 8.54. The van der Waals surface area contributed by atoms with Crippen LogP contribution in [0.3, 0.4) is 0 Å². The smallest absolute Gasteiger partial charge is 0.250 e. The molecule has 0 radical (unpaired) electrons. The predicted octanol–water partition coefficient (Wildman–Crippen LogP) is 4.77. The number of amides is 1. The van der Waals surface area contributed by atoms with E-state index in [4.69, 9.17) is 9.47 Å². The number of hydrogen-bond acceptors (Lipinski definition) is 3. The van der Waals surface area contributed by atoms with Gasteiger partial charge in [0.05, 0.1) is 6.10 Å². The molecule has 0 heterocycles. The summed E-state index contributed by atoms with van der Waals surface area (Å²) >= 11 is 0. The molecule has 1 aliphatic rings. The minimum atomic E-state index is -0.127. The van der Waals surface area contributed by atoms with Gasteiger partial charge in [-0.15, -0.1) is 0 Å². The van der Waals surface area contributed by atoms with Gasteiger partial charge >= 0.3 is 0 Å². The van der Waals surface area contributed by atoms with Gasteiger partial charge in [-0.05, 0) is 37.1 Å². The van der Waals surface area contributed by atoms with Crippen LogP contribution in [0.2, 0.25) is 0 Å². The lowest BCUT2D eigenvalue weighted by atomic mass is 9.98.